The molecule has 0 saturated carbocycles. The summed E-state index contributed by atoms with van der Waals surface area (Å²) >= 11 is 11.7. The molecule has 0 bridgehead atoms. The number of anilines is 2. The molecular weight excluding hydrogens is 546 g/mol. The van der Waals surface area contributed by atoms with Crippen molar-refractivity contribution in [3.63, 3.8) is 0 Å². The molecule has 0 radical (unpaired) electrons. The zero-order valence-corrected chi connectivity index (χ0v) is 23.6. The van der Waals surface area contributed by atoms with Crippen molar-refractivity contribution < 1.29 is 9.53 Å². The van der Waals surface area contributed by atoms with Crippen LogP contribution in [0.4, 0.5) is 11.4 Å². The van der Waals surface area contributed by atoms with Crippen molar-refractivity contribution in [2.75, 3.05) is 62.3 Å². The fourth-order valence-electron chi connectivity index (χ4n) is 5.36. The van der Waals surface area contributed by atoms with Gasteiger partial charge >= 0.3 is 0 Å². The van der Waals surface area contributed by atoms with Crippen molar-refractivity contribution in [2.45, 2.75) is 6.54 Å². The van der Waals surface area contributed by atoms with Crippen molar-refractivity contribution in [1.29, 1.82) is 0 Å². The molecule has 2 aliphatic heterocycles. The number of carbonyl (C=O) groups is 1. The second-order valence-electron chi connectivity index (χ2n) is 10.1. The number of halogens is 1. The highest BCUT2D eigenvalue weighted by Gasteiger charge is 2.22. The lowest BCUT2D eigenvalue weighted by molar-refractivity contribution is 0.0746. The number of hydrogen-bond donors (Lipinski definition) is 1. The van der Waals surface area contributed by atoms with Gasteiger partial charge < -0.3 is 24.4 Å². The number of benzene rings is 3. The summed E-state index contributed by atoms with van der Waals surface area (Å²) in [6, 6.07) is 21.1. The third-order valence-electron chi connectivity index (χ3n) is 7.62. The van der Waals surface area contributed by atoms with Gasteiger partial charge in [0.15, 0.2) is 4.77 Å². The first-order chi connectivity index (χ1) is 19.5. The molecule has 6 rings (SSSR count). The van der Waals surface area contributed by atoms with Gasteiger partial charge in [-0.1, -0.05) is 29.8 Å². The molecule has 0 aliphatic carbocycles. The van der Waals surface area contributed by atoms with E-state index in [9.17, 15) is 9.59 Å². The topological polar surface area (TPSA) is 73.8 Å². The Kier molecular flexibility index (Phi) is 7.60. The molecule has 1 aromatic heterocycles. The second-order valence-corrected chi connectivity index (χ2v) is 10.9. The van der Waals surface area contributed by atoms with Gasteiger partial charge in [-0.2, -0.15) is 0 Å². The Morgan fingerprint density at radius 1 is 0.875 bits per heavy atom. The molecule has 1 N–H and O–H groups in total. The summed E-state index contributed by atoms with van der Waals surface area (Å²) in [5.41, 5.74) is 4.19. The molecule has 2 aliphatic rings. The molecule has 2 saturated heterocycles. The van der Waals surface area contributed by atoms with E-state index in [2.05, 4.69) is 14.8 Å². The number of hydrogen-bond acceptors (Lipinski definition) is 6. The van der Waals surface area contributed by atoms with Gasteiger partial charge in [-0.25, -0.2) is 0 Å². The van der Waals surface area contributed by atoms with Crippen LogP contribution < -0.4 is 15.4 Å². The van der Waals surface area contributed by atoms with E-state index >= 15 is 0 Å². The number of aromatic nitrogens is 2. The van der Waals surface area contributed by atoms with Crippen LogP contribution in [0.3, 0.4) is 0 Å². The maximum Gasteiger partial charge on any atom is 0.262 e. The Morgan fingerprint density at radius 2 is 1.57 bits per heavy atom. The minimum Gasteiger partial charge on any atom is -0.378 e. The highest BCUT2D eigenvalue weighted by atomic mass is 35.5. The summed E-state index contributed by atoms with van der Waals surface area (Å²) in [7, 11) is 0. The number of amides is 1. The highest BCUT2D eigenvalue weighted by Crippen LogP contribution is 2.22. The van der Waals surface area contributed by atoms with Crippen LogP contribution in [-0.4, -0.2) is 72.8 Å². The Labute approximate surface area is 242 Å². The minimum atomic E-state index is -0.133. The first-order valence-electron chi connectivity index (χ1n) is 13.4. The number of aromatic amines is 1. The molecule has 8 nitrogen and oxygen atoms in total. The van der Waals surface area contributed by atoms with Crippen molar-refractivity contribution >= 4 is 52.0 Å². The van der Waals surface area contributed by atoms with E-state index in [1.165, 1.54) is 0 Å². The third-order valence-corrected chi connectivity index (χ3v) is 8.18. The molecule has 40 heavy (non-hydrogen) atoms. The zero-order valence-electron chi connectivity index (χ0n) is 22.0. The lowest BCUT2D eigenvalue weighted by Gasteiger charge is -2.36. The molecular formula is C30H30ClN5O3S. The van der Waals surface area contributed by atoms with Gasteiger partial charge in [0, 0.05) is 61.2 Å². The average Bonchev–Trinajstić information content (AvgIpc) is 2.99. The first-order valence-corrected chi connectivity index (χ1v) is 14.2. The monoisotopic (exact) mass is 575 g/mol. The number of H-pyrrole nitrogens is 1. The summed E-state index contributed by atoms with van der Waals surface area (Å²) in [6.07, 6.45) is 0. The predicted molar refractivity (Wildman–Crippen MR) is 162 cm³/mol. The van der Waals surface area contributed by atoms with E-state index in [1.54, 1.807) is 4.57 Å². The number of morpholine rings is 1. The number of fused-ring (bicyclic) bond motifs is 1. The lowest BCUT2D eigenvalue weighted by Crippen LogP contribution is -2.48. The molecule has 3 aromatic carbocycles. The summed E-state index contributed by atoms with van der Waals surface area (Å²) in [4.78, 5) is 36.2. The Hall–Kier alpha value is -3.66. The number of piperazine rings is 1. The van der Waals surface area contributed by atoms with Crippen LogP contribution in [0.15, 0.2) is 71.5 Å². The Bertz CT molecular complexity index is 1660. The van der Waals surface area contributed by atoms with Crippen LogP contribution >= 0.6 is 23.8 Å². The van der Waals surface area contributed by atoms with Gasteiger partial charge in [-0.15, -0.1) is 0 Å². The van der Waals surface area contributed by atoms with Crippen LogP contribution in [0.2, 0.25) is 5.02 Å². The van der Waals surface area contributed by atoms with Crippen molar-refractivity contribution in [3.8, 4) is 0 Å². The van der Waals surface area contributed by atoms with Crippen LogP contribution in [-0.2, 0) is 11.3 Å². The maximum absolute atomic E-state index is 13.5. The van der Waals surface area contributed by atoms with Crippen molar-refractivity contribution in [3.05, 3.63) is 98.0 Å². The maximum atomic E-state index is 13.5. The summed E-state index contributed by atoms with van der Waals surface area (Å²) in [5, 5.41) is 1.31. The summed E-state index contributed by atoms with van der Waals surface area (Å²) < 4.78 is 7.40. The van der Waals surface area contributed by atoms with Crippen molar-refractivity contribution in [1.82, 2.24) is 14.5 Å². The van der Waals surface area contributed by atoms with Crippen molar-refractivity contribution in [2.24, 2.45) is 0 Å². The van der Waals surface area contributed by atoms with Crippen LogP contribution in [0.1, 0.15) is 15.9 Å². The molecule has 10 heteroatoms. The van der Waals surface area contributed by atoms with Crippen LogP contribution in [0.5, 0.6) is 0 Å². The predicted octanol–water partition coefficient (Wildman–Crippen LogP) is 4.56. The average molecular weight is 576 g/mol. The molecule has 0 atom stereocenters. The largest absolute Gasteiger partial charge is 0.378 e. The molecule has 3 heterocycles. The molecule has 2 fully saturated rings. The van der Waals surface area contributed by atoms with E-state index in [4.69, 9.17) is 28.6 Å². The normalized spacial score (nSPS) is 16.0. The molecule has 0 spiro atoms. The smallest absolute Gasteiger partial charge is 0.262 e. The number of nitrogens with one attached hydrogen (secondary N) is 1. The SMILES string of the molecule is O=C(c1ccc(Cn2c(=S)[nH]c3ccc(N4CCOCC4)cc3c2=O)cc1)N1CCN(c2cccc(Cl)c2)CC1. The quantitative estimate of drug-likeness (QED) is 0.352. The van der Waals surface area contributed by atoms with Gasteiger partial charge in [-0.3, -0.25) is 14.2 Å². The molecule has 4 aromatic rings. The minimum absolute atomic E-state index is 0.00750. The summed E-state index contributed by atoms with van der Waals surface area (Å²) in [6.45, 7) is 6.05. The van der Waals surface area contributed by atoms with E-state index in [0.717, 1.165) is 48.6 Å². The van der Waals surface area contributed by atoms with Crippen LogP contribution in [0.25, 0.3) is 10.9 Å². The molecule has 206 valence electrons. The first kappa shape index (κ1) is 26.6. The second kappa shape index (κ2) is 11.4. The molecule has 1 amide bonds. The number of nitrogens with zero attached hydrogens (tertiary/aromatic N) is 4. The van der Waals surface area contributed by atoms with Gasteiger partial charge in [-0.05, 0) is 66.3 Å². The number of carbonyl (C=O) groups excluding carboxylic acids is 1. The van der Waals surface area contributed by atoms with E-state index in [1.807, 2.05) is 71.6 Å². The van der Waals surface area contributed by atoms with E-state index in [0.29, 0.717) is 53.6 Å². The van der Waals surface area contributed by atoms with Gasteiger partial charge in [0.05, 0.1) is 30.7 Å². The standard InChI is InChI=1S/C30H30ClN5O3S/c31-23-2-1-3-24(18-23)33-10-12-35(13-11-33)28(37)22-6-4-21(5-7-22)20-36-29(38)26-19-25(34-14-16-39-17-15-34)8-9-27(26)32-30(36)40/h1-9,18-19H,10-17,20H2,(H,32,40). The zero-order chi connectivity index (χ0) is 27.6. The van der Waals surface area contributed by atoms with E-state index in [-0.39, 0.29) is 11.5 Å². The van der Waals surface area contributed by atoms with Gasteiger partial charge in [0.25, 0.3) is 11.5 Å². The van der Waals surface area contributed by atoms with Gasteiger partial charge in [0.1, 0.15) is 0 Å². The number of ether oxygens (including phenoxy) is 1. The third kappa shape index (κ3) is 5.50. The fraction of sp³-hybridized carbons (Fsp3) is 0.300. The summed E-state index contributed by atoms with van der Waals surface area (Å²) in [5.74, 6) is 0.00750. The van der Waals surface area contributed by atoms with Crippen LogP contribution in [0, 0.1) is 4.77 Å². The lowest BCUT2D eigenvalue weighted by atomic mass is 10.1. The highest BCUT2D eigenvalue weighted by molar-refractivity contribution is 7.71. The Balaban J connectivity index is 1.15. The van der Waals surface area contributed by atoms with Gasteiger partial charge in [0.2, 0.25) is 0 Å². The Morgan fingerprint density at radius 3 is 2.30 bits per heavy atom. The van der Waals surface area contributed by atoms with E-state index < -0.39 is 0 Å². The fourth-order valence-corrected chi connectivity index (χ4v) is 5.80. The number of rotatable bonds is 5. The molecule has 0 unspecified atom stereocenters.